The van der Waals surface area contributed by atoms with Crippen LogP contribution in [-0.2, 0) is 4.74 Å². The van der Waals surface area contributed by atoms with Crippen molar-refractivity contribution in [3.8, 4) is 0 Å². The zero-order valence-electron chi connectivity index (χ0n) is 9.14. The molecule has 1 saturated heterocycles. The maximum absolute atomic E-state index is 5.82. The smallest absolute Gasteiger partial charge is 0.112 e. The van der Waals surface area contributed by atoms with Gasteiger partial charge in [0.05, 0.1) is 12.1 Å². The van der Waals surface area contributed by atoms with E-state index in [1.165, 1.54) is 44.3 Å². The van der Waals surface area contributed by atoms with Crippen LogP contribution in [-0.4, -0.2) is 18.7 Å². The van der Waals surface area contributed by atoms with Crippen molar-refractivity contribution in [1.82, 2.24) is 5.32 Å². The summed E-state index contributed by atoms with van der Waals surface area (Å²) in [5.74, 6) is 1.24. The first kappa shape index (κ1) is 10.0. The minimum atomic E-state index is 0.204. The fourth-order valence-corrected chi connectivity index (χ4v) is 2.67. The van der Waals surface area contributed by atoms with Gasteiger partial charge in [0.1, 0.15) is 5.76 Å². The first-order chi connectivity index (χ1) is 6.87. The third-order valence-electron chi connectivity index (χ3n) is 3.33. The summed E-state index contributed by atoms with van der Waals surface area (Å²) in [5.41, 5.74) is 0.204. The van der Waals surface area contributed by atoms with Gasteiger partial charge in [-0.2, -0.15) is 0 Å². The van der Waals surface area contributed by atoms with Crippen molar-refractivity contribution in [3.05, 3.63) is 11.8 Å². The average Bonchev–Trinajstić information content (AvgIpc) is 2.70. The van der Waals surface area contributed by atoms with Crippen LogP contribution in [0, 0.1) is 0 Å². The van der Waals surface area contributed by atoms with Gasteiger partial charge in [0.15, 0.2) is 0 Å². The van der Waals surface area contributed by atoms with E-state index < -0.39 is 0 Å². The molecule has 2 heteroatoms. The summed E-state index contributed by atoms with van der Waals surface area (Å²) in [6, 6.07) is 0. The van der Waals surface area contributed by atoms with Gasteiger partial charge >= 0.3 is 0 Å². The number of rotatable bonds is 3. The Bertz CT molecular complexity index is 216. The molecule has 0 aromatic heterocycles. The number of ether oxygens (including phenoxy) is 1. The molecule has 1 fully saturated rings. The maximum Gasteiger partial charge on any atom is 0.112 e. The molecule has 0 radical (unpaired) electrons. The Morgan fingerprint density at radius 2 is 2.43 bits per heavy atom. The van der Waals surface area contributed by atoms with Crippen LogP contribution in [0.15, 0.2) is 11.8 Å². The predicted molar refractivity (Wildman–Crippen MR) is 58.1 cm³/mol. The van der Waals surface area contributed by atoms with Gasteiger partial charge < -0.3 is 10.1 Å². The Hall–Kier alpha value is -0.500. The van der Waals surface area contributed by atoms with Crippen LogP contribution >= 0.6 is 0 Å². The van der Waals surface area contributed by atoms with E-state index in [0.717, 1.165) is 13.2 Å². The van der Waals surface area contributed by atoms with Gasteiger partial charge in [0.2, 0.25) is 0 Å². The van der Waals surface area contributed by atoms with Crippen LogP contribution in [0.25, 0.3) is 0 Å². The minimum Gasteiger partial charge on any atom is -0.496 e. The van der Waals surface area contributed by atoms with Crippen molar-refractivity contribution < 1.29 is 4.74 Å². The number of hydrogen-bond donors (Lipinski definition) is 1. The van der Waals surface area contributed by atoms with Gasteiger partial charge in [-0.15, -0.1) is 0 Å². The average molecular weight is 195 g/mol. The van der Waals surface area contributed by atoms with Crippen LogP contribution < -0.4 is 5.32 Å². The molecule has 1 N–H and O–H groups in total. The Kier molecular flexibility index (Phi) is 3.12. The second-order valence-electron chi connectivity index (χ2n) is 4.42. The number of nitrogens with one attached hydrogen (secondary N) is 1. The van der Waals surface area contributed by atoms with Gasteiger partial charge in [-0.1, -0.05) is 13.3 Å². The molecule has 0 bridgehead atoms. The summed E-state index contributed by atoms with van der Waals surface area (Å²) in [4.78, 5) is 0. The molecular weight excluding hydrogens is 174 g/mol. The summed E-state index contributed by atoms with van der Waals surface area (Å²) < 4.78 is 5.82. The summed E-state index contributed by atoms with van der Waals surface area (Å²) in [6.45, 7) is 4.32. The predicted octanol–water partition coefficient (Wildman–Crippen LogP) is 2.60. The van der Waals surface area contributed by atoms with Crippen molar-refractivity contribution in [1.29, 1.82) is 0 Å². The zero-order chi connectivity index (χ0) is 9.86. The van der Waals surface area contributed by atoms with Crippen molar-refractivity contribution in [2.45, 2.75) is 51.0 Å². The van der Waals surface area contributed by atoms with E-state index in [0.29, 0.717) is 0 Å². The fraction of sp³-hybridized carbons (Fsp3) is 0.833. The molecule has 2 aliphatic rings. The molecule has 0 amide bonds. The normalized spacial score (nSPS) is 32.5. The molecule has 14 heavy (non-hydrogen) atoms. The molecule has 0 aromatic carbocycles. The second kappa shape index (κ2) is 4.35. The topological polar surface area (TPSA) is 21.3 Å². The maximum atomic E-state index is 5.82. The highest BCUT2D eigenvalue weighted by Gasteiger charge is 2.38. The standard InChI is InChI=1S/C12H21NO/c1-2-7-12(8-5-9-13-12)11-6-3-4-10-14-11/h6,13H,2-5,7-10H2,1H3. The summed E-state index contributed by atoms with van der Waals surface area (Å²) >= 11 is 0. The quantitative estimate of drug-likeness (QED) is 0.747. The van der Waals surface area contributed by atoms with Gasteiger partial charge in [0.25, 0.3) is 0 Å². The van der Waals surface area contributed by atoms with E-state index >= 15 is 0 Å². The van der Waals surface area contributed by atoms with Gasteiger partial charge in [0, 0.05) is 0 Å². The summed E-state index contributed by atoms with van der Waals surface area (Å²) in [6.07, 6.45) is 9.69. The lowest BCUT2D eigenvalue weighted by atomic mass is 9.88. The SMILES string of the molecule is CCCC1(C2=CCCCO2)CCCN1. The molecule has 2 nitrogen and oxygen atoms in total. The van der Waals surface area contributed by atoms with Gasteiger partial charge in [-0.05, 0) is 44.7 Å². The van der Waals surface area contributed by atoms with Crippen LogP contribution in [0.3, 0.4) is 0 Å². The van der Waals surface area contributed by atoms with Crippen LogP contribution in [0.2, 0.25) is 0 Å². The number of allylic oxidation sites excluding steroid dienone is 1. The third-order valence-corrected chi connectivity index (χ3v) is 3.33. The second-order valence-corrected chi connectivity index (χ2v) is 4.42. The fourth-order valence-electron chi connectivity index (χ4n) is 2.67. The molecule has 2 heterocycles. The van der Waals surface area contributed by atoms with Crippen molar-refractivity contribution in [3.63, 3.8) is 0 Å². The first-order valence-electron chi connectivity index (χ1n) is 5.96. The molecule has 0 aromatic rings. The van der Waals surface area contributed by atoms with Gasteiger partial charge in [-0.3, -0.25) is 0 Å². The molecule has 1 atom stereocenters. The first-order valence-corrected chi connectivity index (χ1v) is 5.96. The van der Waals surface area contributed by atoms with E-state index in [9.17, 15) is 0 Å². The van der Waals surface area contributed by atoms with Crippen LogP contribution in [0.1, 0.15) is 45.4 Å². The highest BCUT2D eigenvalue weighted by molar-refractivity contribution is 5.18. The molecule has 1 unspecified atom stereocenters. The molecule has 0 aliphatic carbocycles. The molecule has 0 spiro atoms. The molecule has 2 aliphatic heterocycles. The Morgan fingerprint density at radius 3 is 3.00 bits per heavy atom. The van der Waals surface area contributed by atoms with E-state index in [1.807, 2.05) is 0 Å². The molecule has 80 valence electrons. The van der Waals surface area contributed by atoms with E-state index in [1.54, 1.807) is 0 Å². The van der Waals surface area contributed by atoms with Crippen LogP contribution in [0.5, 0.6) is 0 Å². The van der Waals surface area contributed by atoms with E-state index in [-0.39, 0.29) is 5.54 Å². The Labute approximate surface area is 86.7 Å². The lowest BCUT2D eigenvalue weighted by Gasteiger charge is -2.33. The van der Waals surface area contributed by atoms with E-state index in [4.69, 9.17) is 4.74 Å². The lowest BCUT2D eigenvalue weighted by molar-refractivity contribution is 0.133. The third kappa shape index (κ3) is 1.81. The molecule has 2 rings (SSSR count). The Morgan fingerprint density at radius 1 is 1.50 bits per heavy atom. The Balaban J connectivity index is 2.12. The summed E-state index contributed by atoms with van der Waals surface area (Å²) in [7, 11) is 0. The molecule has 0 saturated carbocycles. The number of hydrogen-bond acceptors (Lipinski definition) is 2. The highest BCUT2D eigenvalue weighted by atomic mass is 16.5. The summed E-state index contributed by atoms with van der Waals surface area (Å²) in [5, 5.41) is 3.65. The van der Waals surface area contributed by atoms with Crippen molar-refractivity contribution in [2.75, 3.05) is 13.2 Å². The van der Waals surface area contributed by atoms with Crippen molar-refractivity contribution >= 4 is 0 Å². The lowest BCUT2D eigenvalue weighted by Crippen LogP contribution is -2.43. The van der Waals surface area contributed by atoms with E-state index in [2.05, 4.69) is 18.3 Å². The minimum absolute atomic E-state index is 0.204. The van der Waals surface area contributed by atoms with Crippen LogP contribution in [0.4, 0.5) is 0 Å². The zero-order valence-corrected chi connectivity index (χ0v) is 9.14. The highest BCUT2D eigenvalue weighted by Crippen LogP contribution is 2.34. The monoisotopic (exact) mass is 195 g/mol. The van der Waals surface area contributed by atoms with Crippen molar-refractivity contribution in [2.24, 2.45) is 0 Å². The molecular formula is C12H21NO. The largest absolute Gasteiger partial charge is 0.496 e. The van der Waals surface area contributed by atoms with Gasteiger partial charge in [-0.25, -0.2) is 0 Å².